The molecule has 2 aliphatic carbocycles. The van der Waals surface area contributed by atoms with Crippen LogP contribution in [0.5, 0.6) is 0 Å². The molecule has 1 aromatic carbocycles. The first-order valence-electron chi connectivity index (χ1n) is 11.0. The van der Waals surface area contributed by atoms with Gasteiger partial charge in [-0.2, -0.15) is 0 Å². The number of ether oxygens (including phenoxy) is 1. The summed E-state index contributed by atoms with van der Waals surface area (Å²) in [5.74, 6) is 5.17. The molecule has 3 rings (SSSR count). The van der Waals surface area contributed by atoms with E-state index < -0.39 is 17.6 Å². The molecule has 2 N–H and O–H groups in total. The Balaban J connectivity index is 1.59. The van der Waals surface area contributed by atoms with Crippen molar-refractivity contribution in [1.29, 1.82) is 0 Å². The van der Waals surface area contributed by atoms with E-state index in [2.05, 4.69) is 11.8 Å². The number of hydrogen-bond donors (Lipinski definition) is 2. The molecule has 0 spiro atoms. The summed E-state index contributed by atoms with van der Waals surface area (Å²) in [5.41, 5.74) is 0.625. The van der Waals surface area contributed by atoms with Crippen molar-refractivity contribution in [2.75, 3.05) is 7.11 Å². The number of esters is 1. The van der Waals surface area contributed by atoms with E-state index in [4.69, 9.17) is 4.74 Å². The number of aliphatic hydroxyl groups excluding tert-OH is 1. The Hall–Kier alpha value is -2.16. The van der Waals surface area contributed by atoms with Crippen LogP contribution in [0.2, 0.25) is 0 Å². The van der Waals surface area contributed by atoms with Crippen molar-refractivity contribution in [3.05, 3.63) is 35.4 Å². The maximum absolute atomic E-state index is 12.4. The fraction of sp³-hybridized carbons (Fsp3) is 0.600. The number of carbonyl (C=O) groups excluding carboxylic acids is 2. The van der Waals surface area contributed by atoms with Gasteiger partial charge >= 0.3 is 5.97 Å². The van der Waals surface area contributed by atoms with Gasteiger partial charge in [-0.25, -0.2) is 4.79 Å². The van der Waals surface area contributed by atoms with Crippen LogP contribution < -0.4 is 0 Å². The van der Waals surface area contributed by atoms with E-state index in [1.54, 1.807) is 12.1 Å². The molecule has 2 aliphatic rings. The summed E-state index contributed by atoms with van der Waals surface area (Å²) in [5, 5.41) is 21.2. The lowest BCUT2D eigenvalue weighted by atomic mass is 9.87. The summed E-state index contributed by atoms with van der Waals surface area (Å²) in [6, 6.07) is 7.29. The molecule has 162 valence electrons. The van der Waals surface area contributed by atoms with Gasteiger partial charge in [0.05, 0.1) is 24.7 Å². The van der Waals surface area contributed by atoms with Gasteiger partial charge in [-0.3, -0.25) is 4.79 Å². The second-order valence-electron chi connectivity index (χ2n) is 8.67. The minimum absolute atomic E-state index is 0.0655. The Labute approximate surface area is 178 Å². The highest BCUT2D eigenvalue weighted by Gasteiger charge is 2.40. The van der Waals surface area contributed by atoms with Gasteiger partial charge in [0.2, 0.25) is 0 Å². The van der Waals surface area contributed by atoms with Crippen LogP contribution in [0.1, 0.15) is 73.7 Å². The van der Waals surface area contributed by atoms with Gasteiger partial charge in [0.1, 0.15) is 11.4 Å². The molecule has 0 amide bonds. The zero-order chi connectivity index (χ0) is 21.6. The maximum Gasteiger partial charge on any atom is 0.337 e. The third kappa shape index (κ3) is 5.71. The number of ketones is 1. The molecule has 30 heavy (non-hydrogen) atoms. The molecular weight excluding hydrogens is 380 g/mol. The smallest absolute Gasteiger partial charge is 0.337 e. The zero-order valence-corrected chi connectivity index (χ0v) is 17.7. The third-order valence-electron chi connectivity index (χ3n) is 6.43. The predicted molar refractivity (Wildman–Crippen MR) is 114 cm³/mol. The first-order valence-corrected chi connectivity index (χ1v) is 11.0. The van der Waals surface area contributed by atoms with Crippen LogP contribution in [0, 0.1) is 23.7 Å². The molecule has 0 heterocycles. The highest BCUT2D eigenvalue weighted by molar-refractivity contribution is 5.89. The van der Waals surface area contributed by atoms with Crippen LogP contribution in [0.4, 0.5) is 0 Å². The van der Waals surface area contributed by atoms with Crippen molar-refractivity contribution >= 4 is 11.8 Å². The van der Waals surface area contributed by atoms with E-state index in [1.165, 1.54) is 7.11 Å². The molecule has 3 atom stereocenters. The Bertz CT molecular complexity index is 793. The van der Waals surface area contributed by atoms with Gasteiger partial charge in [-0.05, 0) is 62.6 Å². The van der Waals surface area contributed by atoms with Crippen molar-refractivity contribution in [3.63, 3.8) is 0 Å². The minimum atomic E-state index is -0.978. The van der Waals surface area contributed by atoms with E-state index >= 15 is 0 Å². The summed E-state index contributed by atoms with van der Waals surface area (Å²) in [6.45, 7) is 0. The molecule has 0 aliphatic heterocycles. The molecule has 1 aromatic rings. The van der Waals surface area contributed by atoms with Crippen molar-refractivity contribution < 1.29 is 24.5 Å². The lowest BCUT2D eigenvalue weighted by Gasteiger charge is -2.21. The second kappa shape index (κ2) is 10.2. The molecular formula is C25H32O5. The predicted octanol–water partition coefficient (Wildman–Crippen LogP) is 3.45. The van der Waals surface area contributed by atoms with Crippen LogP contribution >= 0.6 is 0 Å². The Morgan fingerprint density at radius 1 is 1.17 bits per heavy atom. The molecule has 5 nitrogen and oxygen atoms in total. The lowest BCUT2D eigenvalue weighted by molar-refractivity contribution is -0.121. The second-order valence-corrected chi connectivity index (χ2v) is 8.67. The number of methoxy groups -OCH3 is 1. The lowest BCUT2D eigenvalue weighted by Crippen LogP contribution is -2.27. The SMILES string of the molecule is COC(=O)c1ccc(CCC[C@H]2C(=O)C[C@@H](O)[C@@H]2C#CC2(O)CCCCCC2)cc1. The van der Waals surface area contributed by atoms with E-state index in [9.17, 15) is 19.8 Å². The molecule has 0 bridgehead atoms. The van der Waals surface area contributed by atoms with E-state index in [-0.39, 0.29) is 24.1 Å². The minimum Gasteiger partial charge on any atom is -0.465 e. The van der Waals surface area contributed by atoms with E-state index in [0.717, 1.165) is 44.1 Å². The van der Waals surface area contributed by atoms with Crippen molar-refractivity contribution in [3.8, 4) is 11.8 Å². The number of carbonyl (C=O) groups is 2. The highest BCUT2D eigenvalue weighted by atomic mass is 16.5. The fourth-order valence-corrected chi connectivity index (χ4v) is 4.60. The monoisotopic (exact) mass is 412 g/mol. The number of aliphatic hydroxyl groups is 2. The molecule has 0 saturated heterocycles. The summed E-state index contributed by atoms with van der Waals surface area (Å²) in [7, 11) is 1.36. The molecule has 5 heteroatoms. The van der Waals surface area contributed by atoms with Crippen LogP contribution in [0.15, 0.2) is 24.3 Å². The quantitative estimate of drug-likeness (QED) is 0.440. The summed E-state index contributed by atoms with van der Waals surface area (Å²) in [4.78, 5) is 24.0. The van der Waals surface area contributed by atoms with Crippen molar-refractivity contribution in [1.82, 2.24) is 0 Å². The normalized spacial score (nSPS) is 25.8. The average molecular weight is 413 g/mol. The van der Waals surface area contributed by atoms with E-state index in [1.807, 2.05) is 12.1 Å². The van der Waals surface area contributed by atoms with Gasteiger partial charge in [-0.15, -0.1) is 0 Å². The fourth-order valence-electron chi connectivity index (χ4n) is 4.60. The highest BCUT2D eigenvalue weighted by Crippen LogP contribution is 2.34. The van der Waals surface area contributed by atoms with Gasteiger partial charge in [0.25, 0.3) is 0 Å². The largest absolute Gasteiger partial charge is 0.465 e. The van der Waals surface area contributed by atoms with Gasteiger partial charge in [0, 0.05) is 12.3 Å². The van der Waals surface area contributed by atoms with Crippen molar-refractivity contribution in [2.24, 2.45) is 11.8 Å². The Morgan fingerprint density at radius 3 is 2.47 bits per heavy atom. The van der Waals surface area contributed by atoms with Crippen LogP contribution in [-0.4, -0.2) is 40.8 Å². The van der Waals surface area contributed by atoms with Gasteiger partial charge in [-0.1, -0.05) is 36.8 Å². The Morgan fingerprint density at radius 2 is 1.83 bits per heavy atom. The van der Waals surface area contributed by atoms with Gasteiger partial charge in [0.15, 0.2) is 0 Å². The molecule has 2 saturated carbocycles. The molecule has 0 unspecified atom stereocenters. The standard InChI is InChI=1S/C25H32O5/c1-30-24(28)19-11-9-18(10-12-19)7-6-8-20-21(23(27)17-22(20)26)13-16-25(29)14-4-2-3-5-15-25/h9-12,20-21,23,27,29H,2-8,14-15,17H2,1H3/t20-,21-,23-/m1/s1. The topological polar surface area (TPSA) is 83.8 Å². The molecule has 0 radical (unpaired) electrons. The average Bonchev–Trinajstić information content (AvgIpc) is 2.88. The number of aryl methyl sites for hydroxylation is 1. The third-order valence-corrected chi connectivity index (χ3v) is 6.43. The summed E-state index contributed by atoms with van der Waals surface area (Å²) < 4.78 is 4.71. The maximum atomic E-state index is 12.4. The van der Waals surface area contributed by atoms with Gasteiger partial charge < -0.3 is 14.9 Å². The van der Waals surface area contributed by atoms with Crippen molar-refractivity contribution in [2.45, 2.75) is 75.9 Å². The molecule has 2 fully saturated rings. The zero-order valence-electron chi connectivity index (χ0n) is 17.7. The summed E-state index contributed by atoms with van der Waals surface area (Å²) >= 11 is 0. The van der Waals surface area contributed by atoms with Crippen LogP contribution in [0.25, 0.3) is 0 Å². The number of hydrogen-bond acceptors (Lipinski definition) is 5. The Kier molecular flexibility index (Phi) is 7.69. The number of rotatable bonds is 5. The molecule has 0 aromatic heterocycles. The van der Waals surface area contributed by atoms with E-state index in [0.29, 0.717) is 24.8 Å². The van der Waals surface area contributed by atoms with Crippen LogP contribution in [0.3, 0.4) is 0 Å². The number of benzene rings is 1. The first kappa shape index (κ1) is 22.5. The van der Waals surface area contributed by atoms with Crippen LogP contribution in [-0.2, 0) is 16.0 Å². The summed E-state index contributed by atoms with van der Waals surface area (Å²) in [6.07, 6.45) is 7.16. The number of Topliss-reactive ketones (excluding diaryl/α,β-unsaturated/α-hetero) is 1. The first-order chi connectivity index (χ1) is 14.4.